The van der Waals surface area contributed by atoms with E-state index in [1.807, 2.05) is 0 Å². The predicted molar refractivity (Wildman–Crippen MR) is 63.4 cm³/mol. The van der Waals surface area contributed by atoms with Crippen LogP contribution in [-0.2, 0) is 23.0 Å². The molecule has 1 aromatic carbocycles. The number of aromatic nitrogens is 1. The average Bonchev–Trinajstić information content (AvgIpc) is 2.36. The van der Waals surface area contributed by atoms with Crippen LogP contribution in [0.1, 0.15) is 5.56 Å². The molecule has 0 unspecified atom stereocenters. The largest absolute Gasteiger partial charge is 0.469 e. The second-order valence-electron chi connectivity index (χ2n) is 3.82. The summed E-state index contributed by atoms with van der Waals surface area (Å²) in [7, 11) is 2.80. The van der Waals surface area contributed by atoms with Crippen molar-refractivity contribution in [3.05, 3.63) is 44.7 Å². The van der Waals surface area contributed by atoms with E-state index in [0.717, 1.165) is 0 Å². The average molecular weight is 249 g/mol. The molecule has 18 heavy (non-hydrogen) atoms. The molecule has 0 radical (unpaired) electrons. The van der Waals surface area contributed by atoms with Gasteiger partial charge in [0, 0.05) is 7.05 Å². The molecule has 2 aromatic rings. The third-order valence-corrected chi connectivity index (χ3v) is 2.67. The molecule has 0 aliphatic heterocycles. The zero-order valence-corrected chi connectivity index (χ0v) is 9.93. The lowest BCUT2D eigenvalue weighted by atomic mass is 10.1. The fraction of sp³-hybridized carbons (Fsp3) is 0.250. The van der Waals surface area contributed by atoms with Gasteiger partial charge in [0.2, 0.25) is 0 Å². The molecule has 0 bridgehead atoms. The lowest BCUT2D eigenvalue weighted by Gasteiger charge is -2.04. The van der Waals surface area contributed by atoms with E-state index in [1.165, 1.54) is 24.8 Å². The molecule has 0 amide bonds. The maximum atomic E-state index is 11.6. The number of hydrogen-bond acceptors (Lipinski definition) is 5. The Morgan fingerprint density at radius 1 is 1.39 bits per heavy atom. The molecular weight excluding hydrogens is 238 g/mol. The number of carbonyl (C=O) groups is 1. The van der Waals surface area contributed by atoms with Gasteiger partial charge in [0.1, 0.15) is 0 Å². The summed E-state index contributed by atoms with van der Waals surface area (Å²) in [5, 5.41) is 0.263. The Morgan fingerprint density at radius 3 is 2.78 bits per heavy atom. The number of carbonyl (C=O) groups excluding carboxylic acids is 1. The Bertz CT molecular complexity index is 725. The number of hydrogen-bond donors (Lipinski definition) is 0. The minimum Gasteiger partial charge on any atom is -0.469 e. The fourth-order valence-electron chi connectivity index (χ4n) is 1.69. The lowest BCUT2D eigenvalue weighted by Crippen LogP contribution is -2.22. The van der Waals surface area contributed by atoms with Gasteiger partial charge in [-0.1, -0.05) is 6.07 Å². The SMILES string of the molecule is COC(=O)Cc1ccc2c(c1)c(=O)oc(=O)n2C. The number of esters is 1. The molecule has 0 saturated carbocycles. The summed E-state index contributed by atoms with van der Waals surface area (Å²) in [5.41, 5.74) is 0.380. The van der Waals surface area contributed by atoms with Crippen molar-refractivity contribution in [1.82, 2.24) is 4.57 Å². The Kier molecular flexibility index (Phi) is 3.01. The minimum absolute atomic E-state index is 0.0642. The summed E-state index contributed by atoms with van der Waals surface area (Å²) in [5.74, 6) is -1.11. The van der Waals surface area contributed by atoms with Gasteiger partial charge in [0.25, 0.3) is 0 Å². The van der Waals surface area contributed by atoms with Crippen LogP contribution in [-0.4, -0.2) is 17.6 Å². The highest BCUT2D eigenvalue weighted by Gasteiger charge is 2.09. The number of fused-ring (bicyclic) bond motifs is 1. The van der Waals surface area contributed by atoms with Crippen molar-refractivity contribution in [1.29, 1.82) is 0 Å². The molecule has 0 aliphatic carbocycles. The first kappa shape index (κ1) is 12.1. The van der Waals surface area contributed by atoms with E-state index >= 15 is 0 Å². The van der Waals surface area contributed by atoms with Crippen LogP contribution in [0.25, 0.3) is 10.9 Å². The van der Waals surface area contributed by atoms with Crippen molar-refractivity contribution in [2.45, 2.75) is 6.42 Å². The zero-order chi connectivity index (χ0) is 13.3. The Labute approximate surface area is 101 Å². The molecule has 0 atom stereocenters. The van der Waals surface area contributed by atoms with E-state index in [4.69, 9.17) is 0 Å². The van der Waals surface area contributed by atoms with Crippen molar-refractivity contribution in [3.63, 3.8) is 0 Å². The highest BCUT2D eigenvalue weighted by Crippen LogP contribution is 2.11. The summed E-state index contributed by atoms with van der Waals surface area (Å²) in [6.07, 6.45) is 0.0642. The normalized spacial score (nSPS) is 10.6. The molecule has 2 rings (SSSR count). The van der Waals surface area contributed by atoms with E-state index in [2.05, 4.69) is 9.15 Å². The van der Waals surface area contributed by atoms with Gasteiger partial charge in [-0.25, -0.2) is 9.59 Å². The van der Waals surface area contributed by atoms with E-state index in [-0.39, 0.29) is 11.8 Å². The fourth-order valence-corrected chi connectivity index (χ4v) is 1.69. The third-order valence-electron chi connectivity index (χ3n) is 2.67. The Morgan fingerprint density at radius 2 is 2.11 bits per heavy atom. The van der Waals surface area contributed by atoms with Gasteiger partial charge in [-0.05, 0) is 17.7 Å². The molecule has 6 heteroatoms. The molecule has 0 saturated heterocycles. The topological polar surface area (TPSA) is 78.5 Å². The van der Waals surface area contributed by atoms with E-state index < -0.39 is 17.4 Å². The first-order chi connectivity index (χ1) is 8.52. The highest BCUT2D eigenvalue weighted by molar-refractivity contribution is 5.80. The summed E-state index contributed by atoms with van der Waals surface area (Å²) >= 11 is 0. The molecule has 94 valence electrons. The van der Waals surface area contributed by atoms with Gasteiger partial charge in [0.05, 0.1) is 24.4 Å². The number of aryl methyl sites for hydroxylation is 1. The number of ether oxygens (including phenoxy) is 1. The maximum Gasteiger partial charge on any atom is 0.422 e. The van der Waals surface area contributed by atoms with E-state index in [0.29, 0.717) is 11.1 Å². The van der Waals surface area contributed by atoms with Gasteiger partial charge in [-0.2, -0.15) is 0 Å². The summed E-state index contributed by atoms with van der Waals surface area (Å²) in [4.78, 5) is 34.0. The smallest absolute Gasteiger partial charge is 0.422 e. The maximum absolute atomic E-state index is 11.6. The molecule has 6 nitrogen and oxygen atoms in total. The number of nitrogens with zero attached hydrogens (tertiary/aromatic N) is 1. The summed E-state index contributed by atoms with van der Waals surface area (Å²) in [6.45, 7) is 0. The van der Waals surface area contributed by atoms with Gasteiger partial charge in [-0.15, -0.1) is 0 Å². The highest BCUT2D eigenvalue weighted by atomic mass is 16.5. The first-order valence-corrected chi connectivity index (χ1v) is 5.22. The van der Waals surface area contributed by atoms with Gasteiger partial charge in [-0.3, -0.25) is 9.36 Å². The van der Waals surface area contributed by atoms with Crippen molar-refractivity contribution >= 4 is 16.9 Å². The quantitative estimate of drug-likeness (QED) is 0.711. The van der Waals surface area contributed by atoms with Crippen LogP contribution >= 0.6 is 0 Å². The number of methoxy groups -OCH3 is 1. The van der Waals surface area contributed by atoms with Crippen molar-refractivity contribution in [2.24, 2.45) is 7.05 Å². The Hall–Kier alpha value is -2.37. The molecule has 0 N–H and O–H groups in total. The zero-order valence-electron chi connectivity index (χ0n) is 9.93. The molecular formula is C12H11NO5. The molecule has 1 heterocycles. The van der Waals surface area contributed by atoms with Crippen LogP contribution in [0, 0.1) is 0 Å². The van der Waals surface area contributed by atoms with E-state index in [1.54, 1.807) is 12.1 Å². The van der Waals surface area contributed by atoms with Crippen LogP contribution in [0.15, 0.2) is 32.2 Å². The molecule has 0 fully saturated rings. The molecule has 0 aliphatic rings. The van der Waals surface area contributed by atoms with Gasteiger partial charge in [0.15, 0.2) is 0 Å². The monoisotopic (exact) mass is 249 g/mol. The van der Waals surface area contributed by atoms with Gasteiger partial charge >= 0.3 is 17.4 Å². The van der Waals surface area contributed by atoms with Crippen LogP contribution in [0.3, 0.4) is 0 Å². The number of benzene rings is 1. The second kappa shape index (κ2) is 4.48. The van der Waals surface area contributed by atoms with Crippen molar-refractivity contribution in [3.8, 4) is 0 Å². The van der Waals surface area contributed by atoms with Crippen LogP contribution in [0.4, 0.5) is 0 Å². The van der Waals surface area contributed by atoms with E-state index in [9.17, 15) is 14.4 Å². The van der Waals surface area contributed by atoms with Gasteiger partial charge < -0.3 is 9.15 Å². The molecule has 0 spiro atoms. The van der Waals surface area contributed by atoms with Crippen LogP contribution in [0.5, 0.6) is 0 Å². The van der Waals surface area contributed by atoms with Crippen LogP contribution < -0.4 is 11.4 Å². The summed E-state index contributed by atoms with van der Waals surface area (Å²) < 4.78 is 10.3. The number of rotatable bonds is 2. The Balaban J connectivity index is 2.62. The minimum atomic E-state index is -0.715. The first-order valence-electron chi connectivity index (χ1n) is 5.22. The molecule has 1 aromatic heterocycles. The standard InChI is InChI=1S/C12H11NO5/c1-13-9-4-3-7(6-10(14)17-2)5-8(9)11(15)18-12(13)16/h3-5H,6H2,1-2H3. The lowest BCUT2D eigenvalue weighted by molar-refractivity contribution is -0.139. The second-order valence-corrected chi connectivity index (χ2v) is 3.82. The predicted octanol–water partition coefficient (Wildman–Crippen LogP) is 0.207. The third kappa shape index (κ3) is 2.04. The van der Waals surface area contributed by atoms with Crippen LogP contribution in [0.2, 0.25) is 0 Å². The van der Waals surface area contributed by atoms with Crippen molar-refractivity contribution in [2.75, 3.05) is 7.11 Å². The summed E-state index contributed by atoms with van der Waals surface area (Å²) in [6, 6.07) is 4.79. The van der Waals surface area contributed by atoms with Crippen molar-refractivity contribution < 1.29 is 13.9 Å².